The Morgan fingerprint density at radius 2 is 2.07 bits per heavy atom. The molecule has 2 aliphatic heterocycles. The molecule has 1 N–H and O–H groups in total. The fraction of sp³-hybridized carbons (Fsp3) is 0.455. The minimum absolute atomic E-state index is 0.00631. The smallest absolute Gasteiger partial charge is 0.241 e. The Morgan fingerprint density at radius 3 is 2.80 bits per heavy atom. The highest BCUT2D eigenvalue weighted by molar-refractivity contribution is 7.09. The zero-order valence-electron chi connectivity index (χ0n) is 17.3. The molecule has 8 heteroatoms. The van der Waals surface area contributed by atoms with Gasteiger partial charge >= 0.3 is 0 Å². The summed E-state index contributed by atoms with van der Waals surface area (Å²) in [5.74, 6) is 1.42. The van der Waals surface area contributed by atoms with Gasteiger partial charge in [-0.05, 0) is 29.5 Å². The first-order valence-corrected chi connectivity index (χ1v) is 11.1. The van der Waals surface area contributed by atoms with Gasteiger partial charge in [-0.25, -0.2) is 0 Å². The third-order valence-electron chi connectivity index (χ3n) is 5.36. The van der Waals surface area contributed by atoms with Gasteiger partial charge in [0.25, 0.3) is 0 Å². The highest BCUT2D eigenvalue weighted by Gasteiger charge is 2.34. The van der Waals surface area contributed by atoms with E-state index in [1.807, 2.05) is 54.5 Å². The average molecular weight is 430 g/mol. The summed E-state index contributed by atoms with van der Waals surface area (Å²) in [6, 6.07) is 9.31. The van der Waals surface area contributed by atoms with Crippen LogP contribution in [0.5, 0.6) is 11.5 Å². The van der Waals surface area contributed by atoms with Gasteiger partial charge in [0.1, 0.15) is 13.2 Å². The van der Waals surface area contributed by atoms with Crippen LogP contribution >= 0.6 is 11.3 Å². The number of anilines is 1. The summed E-state index contributed by atoms with van der Waals surface area (Å²) < 4.78 is 11.3. The van der Waals surface area contributed by atoms with Crippen LogP contribution in [0.1, 0.15) is 18.7 Å². The Labute approximate surface area is 180 Å². The van der Waals surface area contributed by atoms with Crippen molar-refractivity contribution in [3.05, 3.63) is 40.6 Å². The maximum Gasteiger partial charge on any atom is 0.241 e. The lowest BCUT2D eigenvalue weighted by Crippen LogP contribution is -2.59. The van der Waals surface area contributed by atoms with Gasteiger partial charge in [-0.3, -0.25) is 14.5 Å². The summed E-state index contributed by atoms with van der Waals surface area (Å²) in [6.07, 6.45) is 0. The van der Waals surface area contributed by atoms with E-state index >= 15 is 0 Å². The first kappa shape index (κ1) is 20.7. The molecular formula is C22H27N3O4S. The van der Waals surface area contributed by atoms with Crippen molar-refractivity contribution in [3.63, 3.8) is 0 Å². The van der Waals surface area contributed by atoms with E-state index in [1.54, 1.807) is 16.2 Å². The normalized spacial score (nSPS) is 18.9. The Morgan fingerprint density at radius 1 is 1.27 bits per heavy atom. The van der Waals surface area contributed by atoms with Gasteiger partial charge in [-0.15, -0.1) is 11.3 Å². The van der Waals surface area contributed by atoms with Gasteiger partial charge in [0.2, 0.25) is 11.8 Å². The molecule has 0 aliphatic carbocycles. The first-order chi connectivity index (χ1) is 14.5. The minimum atomic E-state index is -0.299. The van der Waals surface area contributed by atoms with Crippen LogP contribution in [0.2, 0.25) is 0 Å². The summed E-state index contributed by atoms with van der Waals surface area (Å²) in [5, 5.41) is 4.92. The summed E-state index contributed by atoms with van der Waals surface area (Å²) in [7, 11) is 0. The van der Waals surface area contributed by atoms with Crippen molar-refractivity contribution in [2.24, 2.45) is 5.92 Å². The van der Waals surface area contributed by atoms with Gasteiger partial charge in [0.05, 0.1) is 19.1 Å². The molecule has 1 atom stereocenters. The van der Waals surface area contributed by atoms with Crippen LogP contribution in [-0.4, -0.2) is 55.6 Å². The predicted octanol–water partition coefficient (Wildman–Crippen LogP) is 2.51. The predicted molar refractivity (Wildman–Crippen MR) is 116 cm³/mol. The number of hydrogen-bond acceptors (Lipinski definition) is 6. The minimum Gasteiger partial charge on any atom is -0.486 e. The zero-order chi connectivity index (χ0) is 21.1. The molecule has 0 bridgehead atoms. The van der Waals surface area contributed by atoms with E-state index in [4.69, 9.17) is 9.47 Å². The van der Waals surface area contributed by atoms with Crippen molar-refractivity contribution >= 4 is 28.8 Å². The number of piperazine rings is 1. The van der Waals surface area contributed by atoms with E-state index in [0.29, 0.717) is 44.3 Å². The van der Waals surface area contributed by atoms with Crippen molar-refractivity contribution < 1.29 is 19.1 Å². The van der Waals surface area contributed by atoms with E-state index in [9.17, 15) is 9.59 Å². The maximum atomic E-state index is 13.5. The molecule has 0 radical (unpaired) electrons. The number of nitrogens with one attached hydrogen (secondary N) is 1. The lowest BCUT2D eigenvalue weighted by atomic mass is 9.99. The Balaban J connectivity index is 1.59. The molecule has 0 spiro atoms. The first-order valence-electron chi connectivity index (χ1n) is 10.3. The maximum absolute atomic E-state index is 13.5. The summed E-state index contributed by atoms with van der Waals surface area (Å²) >= 11 is 1.62. The monoisotopic (exact) mass is 429 g/mol. The standard InChI is InChI=1S/C22H27N3O4S/c1-15(2)21-22(27)23-7-8-24(21)14-20(26)25(13-17-4-3-11-30-17)16-5-6-18-19(12-16)29-10-9-28-18/h3-6,11-12,15,21H,7-10,13-14H2,1-2H3,(H,23,27). The fourth-order valence-electron chi connectivity index (χ4n) is 3.97. The van der Waals surface area contributed by atoms with Crippen LogP contribution in [0, 0.1) is 5.92 Å². The summed E-state index contributed by atoms with van der Waals surface area (Å²) in [6.45, 7) is 6.93. The SMILES string of the molecule is CC(C)C1C(=O)NCCN1CC(=O)N(Cc1cccs1)c1ccc2c(c1)OCCO2. The third-order valence-corrected chi connectivity index (χ3v) is 6.22. The highest BCUT2D eigenvalue weighted by Crippen LogP contribution is 2.35. The van der Waals surface area contributed by atoms with Crippen molar-refractivity contribution in [3.8, 4) is 11.5 Å². The Kier molecular flexibility index (Phi) is 6.24. The number of rotatable bonds is 6. The molecule has 1 aromatic carbocycles. The van der Waals surface area contributed by atoms with Crippen LogP contribution < -0.4 is 19.7 Å². The molecule has 0 saturated carbocycles. The quantitative estimate of drug-likeness (QED) is 0.764. The number of benzene rings is 1. The molecule has 160 valence electrons. The number of fused-ring (bicyclic) bond motifs is 1. The zero-order valence-corrected chi connectivity index (χ0v) is 18.1. The average Bonchev–Trinajstić information content (AvgIpc) is 3.24. The van der Waals surface area contributed by atoms with Crippen molar-refractivity contribution in [2.45, 2.75) is 26.4 Å². The van der Waals surface area contributed by atoms with Crippen LogP contribution in [-0.2, 0) is 16.1 Å². The van der Waals surface area contributed by atoms with Crippen LogP contribution in [0.3, 0.4) is 0 Å². The molecule has 1 aromatic heterocycles. The van der Waals surface area contributed by atoms with Gasteiger partial charge in [-0.1, -0.05) is 19.9 Å². The van der Waals surface area contributed by atoms with Crippen molar-refractivity contribution in [1.29, 1.82) is 0 Å². The summed E-state index contributed by atoms with van der Waals surface area (Å²) in [5.41, 5.74) is 0.764. The molecule has 1 fully saturated rings. The van der Waals surface area contributed by atoms with Crippen LogP contribution in [0.4, 0.5) is 5.69 Å². The Bertz CT molecular complexity index is 900. The molecule has 1 unspecified atom stereocenters. The van der Waals surface area contributed by atoms with Crippen LogP contribution in [0.25, 0.3) is 0 Å². The molecule has 7 nitrogen and oxygen atoms in total. The highest BCUT2D eigenvalue weighted by atomic mass is 32.1. The van der Waals surface area contributed by atoms with E-state index in [1.165, 1.54) is 0 Å². The molecule has 3 heterocycles. The van der Waals surface area contributed by atoms with E-state index < -0.39 is 0 Å². The van der Waals surface area contributed by atoms with Crippen molar-refractivity contribution in [2.75, 3.05) is 37.7 Å². The van der Waals surface area contributed by atoms with E-state index in [0.717, 1.165) is 10.6 Å². The van der Waals surface area contributed by atoms with Gasteiger partial charge in [0, 0.05) is 29.7 Å². The number of amides is 2. The molecule has 1 saturated heterocycles. The number of ether oxygens (including phenoxy) is 2. The largest absolute Gasteiger partial charge is 0.486 e. The number of hydrogen-bond donors (Lipinski definition) is 1. The van der Waals surface area contributed by atoms with Crippen molar-refractivity contribution in [1.82, 2.24) is 10.2 Å². The third kappa shape index (κ3) is 4.44. The van der Waals surface area contributed by atoms with E-state index in [2.05, 4.69) is 5.32 Å². The second-order valence-electron chi connectivity index (χ2n) is 7.84. The fourth-order valence-corrected chi connectivity index (χ4v) is 4.67. The number of thiophene rings is 1. The van der Waals surface area contributed by atoms with E-state index in [-0.39, 0.29) is 30.3 Å². The number of carbonyl (C=O) groups is 2. The van der Waals surface area contributed by atoms with Gasteiger partial charge in [0.15, 0.2) is 11.5 Å². The lowest BCUT2D eigenvalue weighted by molar-refractivity contribution is -0.132. The number of carbonyl (C=O) groups excluding carboxylic acids is 2. The second kappa shape index (κ2) is 9.06. The Hall–Kier alpha value is -2.58. The lowest BCUT2D eigenvalue weighted by Gasteiger charge is -2.37. The number of nitrogens with zero attached hydrogens (tertiary/aromatic N) is 2. The molecule has 2 aliphatic rings. The molecule has 4 rings (SSSR count). The topological polar surface area (TPSA) is 71.1 Å². The molecule has 30 heavy (non-hydrogen) atoms. The molecule has 2 amide bonds. The summed E-state index contributed by atoms with van der Waals surface area (Å²) in [4.78, 5) is 30.7. The van der Waals surface area contributed by atoms with Crippen LogP contribution in [0.15, 0.2) is 35.7 Å². The second-order valence-corrected chi connectivity index (χ2v) is 8.87. The molecule has 2 aromatic rings. The van der Waals surface area contributed by atoms with Gasteiger partial charge in [-0.2, -0.15) is 0 Å². The molecular weight excluding hydrogens is 402 g/mol. The van der Waals surface area contributed by atoms with Gasteiger partial charge < -0.3 is 19.7 Å².